The van der Waals surface area contributed by atoms with Crippen molar-refractivity contribution in [3.05, 3.63) is 89.4 Å². The maximum atomic E-state index is 13.2. The van der Waals surface area contributed by atoms with Crippen molar-refractivity contribution >= 4 is 21.6 Å². The number of ether oxygens (including phenoxy) is 1. The molecule has 35 heavy (non-hydrogen) atoms. The van der Waals surface area contributed by atoms with E-state index in [1.807, 2.05) is 30.3 Å². The Kier molecular flexibility index (Phi) is 7.00. The number of furan rings is 1. The summed E-state index contributed by atoms with van der Waals surface area (Å²) in [4.78, 5) is 13.2. The zero-order valence-electron chi connectivity index (χ0n) is 19.3. The lowest BCUT2D eigenvalue weighted by atomic mass is 10.0. The van der Waals surface area contributed by atoms with Gasteiger partial charge in [-0.3, -0.25) is 4.79 Å². The molecule has 0 bridgehead atoms. The quantitative estimate of drug-likeness (QED) is 0.476. The van der Waals surface area contributed by atoms with Crippen molar-refractivity contribution in [2.45, 2.75) is 18.2 Å². The van der Waals surface area contributed by atoms with Crippen LogP contribution in [0.15, 0.2) is 76.4 Å². The smallest absolute Gasteiger partial charge is 0.258 e. The molecule has 2 aromatic carbocycles. The third-order valence-electron chi connectivity index (χ3n) is 5.73. The predicted molar refractivity (Wildman–Crippen MR) is 129 cm³/mol. The van der Waals surface area contributed by atoms with Crippen molar-refractivity contribution in [2.75, 3.05) is 20.7 Å². The minimum Gasteiger partial charge on any atom is -0.497 e. The highest BCUT2D eigenvalue weighted by Gasteiger charge is 2.36. The van der Waals surface area contributed by atoms with Crippen LogP contribution in [0.5, 0.6) is 5.75 Å². The summed E-state index contributed by atoms with van der Waals surface area (Å²) in [5.74, 6) is 0.510. The van der Waals surface area contributed by atoms with Gasteiger partial charge in [-0.2, -0.15) is 14.7 Å². The van der Waals surface area contributed by atoms with E-state index < -0.39 is 22.0 Å². The Hall–Kier alpha value is -3.94. The number of hydrogen-bond acceptors (Lipinski definition) is 7. The summed E-state index contributed by atoms with van der Waals surface area (Å²) in [5, 5.41) is 14.8. The minimum atomic E-state index is -3.79. The number of benzene rings is 2. The van der Waals surface area contributed by atoms with Crippen LogP contribution in [0, 0.1) is 11.3 Å². The maximum Gasteiger partial charge on any atom is 0.258 e. The largest absolute Gasteiger partial charge is 0.497 e. The first kappa shape index (κ1) is 24.2. The Morgan fingerprint density at radius 1 is 1.20 bits per heavy atom. The van der Waals surface area contributed by atoms with Gasteiger partial charge in [0, 0.05) is 13.5 Å². The molecule has 1 atom stereocenters. The Bertz CT molecular complexity index is 1360. The topological polar surface area (TPSA) is 116 Å². The average molecular weight is 493 g/mol. The van der Waals surface area contributed by atoms with Crippen molar-refractivity contribution in [1.82, 2.24) is 9.31 Å². The van der Waals surface area contributed by atoms with Crippen LogP contribution < -0.4 is 4.74 Å². The summed E-state index contributed by atoms with van der Waals surface area (Å²) in [7, 11) is -0.836. The van der Waals surface area contributed by atoms with E-state index in [1.165, 1.54) is 18.3 Å². The summed E-state index contributed by atoms with van der Waals surface area (Å²) in [6.07, 6.45) is 1.95. The van der Waals surface area contributed by atoms with Crippen LogP contribution in [0.25, 0.3) is 0 Å². The molecule has 0 unspecified atom stereocenters. The number of carbonyl (C=O) groups is 1. The SMILES string of the molecule is COc1ccc(C2=NN(C(=O)CN(C)S(=O)(=O)Cc3ccc(C#N)cc3)[C@@H](c3ccco3)C2)cc1. The number of hydrogen-bond donors (Lipinski definition) is 0. The molecule has 180 valence electrons. The third kappa shape index (κ3) is 5.42. The molecule has 0 N–H and O–H groups in total. The number of rotatable bonds is 8. The molecule has 0 radical (unpaired) electrons. The molecule has 4 rings (SSSR count). The molecule has 0 spiro atoms. The normalized spacial score (nSPS) is 15.7. The van der Waals surface area contributed by atoms with Crippen LogP contribution in [0.1, 0.15) is 34.9 Å². The number of likely N-dealkylation sites (N-methyl/N-ethyl adjacent to an activating group) is 1. The van der Waals surface area contributed by atoms with Gasteiger partial charge in [0.25, 0.3) is 5.91 Å². The van der Waals surface area contributed by atoms with E-state index in [2.05, 4.69) is 5.10 Å². The number of amides is 1. The molecule has 3 aromatic rings. The summed E-state index contributed by atoms with van der Waals surface area (Å²) in [6, 6.07) is 18.7. The van der Waals surface area contributed by atoms with Gasteiger partial charge >= 0.3 is 0 Å². The Balaban J connectivity index is 1.52. The third-order valence-corrected chi connectivity index (χ3v) is 7.50. The second-order valence-corrected chi connectivity index (χ2v) is 10.1. The first-order valence-electron chi connectivity index (χ1n) is 10.8. The number of nitrogens with zero attached hydrogens (tertiary/aromatic N) is 4. The van der Waals surface area contributed by atoms with Crippen molar-refractivity contribution in [3.8, 4) is 11.8 Å². The van der Waals surface area contributed by atoms with Gasteiger partial charge in [0.05, 0.1) is 43.0 Å². The van der Waals surface area contributed by atoms with Gasteiger partial charge in [-0.1, -0.05) is 12.1 Å². The standard InChI is InChI=1S/C25H24N4O5S/c1-28(35(31,32)17-19-7-5-18(15-26)6-8-19)16-25(30)29-23(24-4-3-13-34-24)14-22(27-29)20-9-11-21(33-2)12-10-20/h3-13,23H,14,16-17H2,1-2H3/t23-/m1/s1. The maximum absolute atomic E-state index is 13.2. The zero-order chi connectivity index (χ0) is 25.0. The lowest BCUT2D eigenvalue weighted by molar-refractivity contribution is -0.133. The molecule has 0 saturated heterocycles. The summed E-state index contributed by atoms with van der Waals surface area (Å²) >= 11 is 0. The van der Waals surface area contributed by atoms with E-state index in [0.29, 0.717) is 34.8 Å². The predicted octanol–water partition coefficient (Wildman–Crippen LogP) is 3.30. The monoisotopic (exact) mass is 492 g/mol. The summed E-state index contributed by atoms with van der Waals surface area (Å²) < 4.78 is 37.5. The van der Waals surface area contributed by atoms with Crippen LogP contribution in [0.4, 0.5) is 0 Å². The highest BCUT2D eigenvalue weighted by atomic mass is 32.2. The Morgan fingerprint density at radius 2 is 1.91 bits per heavy atom. The highest BCUT2D eigenvalue weighted by Crippen LogP contribution is 2.33. The van der Waals surface area contributed by atoms with Gasteiger partial charge in [0.15, 0.2) is 0 Å². The molecule has 10 heteroatoms. The second-order valence-electron chi connectivity index (χ2n) is 8.07. The molecule has 9 nitrogen and oxygen atoms in total. The van der Waals surface area contributed by atoms with Crippen molar-refractivity contribution < 1.29 is 22.4 Å². The van der Waals surface area contributed by atoms with Gasteiger partial charge in [-0.05, 0) is 59.7 Å². The van der Waals surface area contributed by atoms with E-state index in [9.17, 15) is 13.2 Å². The molecule has 1 amide bonds. The van der Waals surface area contributed by atoms with Crippen LogP contribution in [0.2, 0.25) is 0 Å². The van der Waals surface area contributed by atoms with Crippen molar-refractivity contribution in [2.24, 2.45) is 5.10 Å². The van der Waals surface area contributed by atoms with Gasteiger partial charge in [0.2, 0.25) is 10.0 Å². The van der Waals surface area contributed by atoms with E-state index in [1.54, 1.807) is 43.5 Å². The van der Waals surface area contributed by atoms with Gasteiger partial charge in [0.1, 0.15) is 17.6 Å². The fraction of sp³-hybridized carbons (Fsp3) is 0.240. The van der Waals surface area contributed by atoms with E-state index in [4.69, 9.17) is 14.4 Å². The molecule has 1 aromatic heterocycles. The van der Waals surface area contributed by atoms with Crippen LogP contribution in [0.3, 0.4) is 0 Å². The Labute approximate surface area is 203 Å². The van der Waals surface area contributed by atoms with Crippen molar-refractivity contribution in [3.63, 3.8) is 0 Å². The number of methoxy groups -OCH3 is 1. The number of nitriles is 1. The Morgan fingerprint density at radius 3 is 2.51 bits per heavy atom. The first-order chi connectivity index (χ1) is 16.8. The average Bonchev–Trinajstić information content (AvgIpc) is 3.54. The second kappa shape index (κ2) is 10.1. The summed E-state index contributed by atoms with van der Waals surface area (Å²) in [6.45, 7) is -0.380. The van der Waals surface area contributed by atoms with Gasteiger partial charge in [-0.15, -0.1) is 0 Å². The van der Waals surface area contributed by atoms with Crippen molar-refractivity contribution in [1.29, 1.82) is 5.26 Å². The number of sulfonamides is 1. The van der Waals surface area contributed by atoms with Crippen LogP contribution in [-0.2, 0) is 20.6 Å². The fourth-order valence-electron chi connectivity index (χ4n) is 3.76. The van der Waals surface area contributed by atoms with Crippen LogP contribution >= 0.6 is 0 Å². The fourth-order valence-corrected chi connectivity index (χ4v) is 4.90. The molecule has 0 saturated carbocycles. The molecule has 1 aliphatic rings. The molecular formula is C25H24N4O5S. The van der Waals surface area contributed by atoms with E-state index in [-0.39, 0.29) is 12.3 Å². The van der Waals surface area contributed by atoms with Gasteiger partial charge < -0.3 is 9.15 Å². The number of carbonyl (C=O) groups excluding carboxylic acids is 1. The lowest BCUT2D eigenvalue weighted by Gasteiger charge is -2.23. The molecular weight excluding hydrogens is 468 g/mol. The zero-order valence-corrected chi connectivity index (χ0v) is 20.1. The van der Waals surface area contributed by atoms with Gasteiger partial charge in [-0.25, -0.2) is 13.4 Å². The summed E-state index contributed by atoms with van der Waals surface area (Å²) in [5.41, 5.74) is 2.49. The van der Waals surface area contributed by atoms with Crippen LogP contribution in [-0.4, -0.2) is 50.1 Å². The molecule has 1 aliphatic heterocycles. The van der Waals surface area contributed by atoms with E-state index >= 15 is 0 Å². The molecule has 0 fully saturated rings. The first-order valence-corrected chi connectivity index (χ1v) is 12.4. The number of hydrazone groups is 1. The molecule has 2 heterocycles. The van der Waals surface area contributed by atoms with E-state index in [0.717, 1.165) is 9.87 Å². The lowest BCUT2D eigenvalue weighted by Crippen LogP contribution is -2.39. The molecule has 0 aliphatic carbocycles. The highest BCUT2D eigenvalue weighted by molar-refractivity contribution is 7.88. The minimum absolute atomic E-state index is 0.287.